The Balaban J connectivity index is 2.22. The maximum absolute atomic E-state index is 6.03. The molecule has 0 bridgehead atoms. The molecule has 2 heterocycles. The van der Waals surface area contributed by atoms with Gasteiger partial charge in [0.25, 0.3) is 0 Å². The normalized spacial score (nSPS) is 17.1. The summed E-state index contributed by atoms with van der Waals surface area (Å²) in [4.78, 5) is 6.31. The Morgan fingerprint density at radius 1 is 1.29 bits per heavy atom. The van der Waals surface area contributed by atoms with Crippen LogP contribution >= 0.6 is 23.2 Å². The predicted molar refractivity (Wildman–Crippen MR) is 57.3 cm³/mol. The van der Waals surface area contributed by atoms with Crippen LogP contribution in [0.3, 0.4) is 0 Å². The topological polar surface area (TPSA) is 25.4 Å². The van der Waals surface area contributed by atoms with Crippen LogP contribution in [0, 0.1) is 0 Å². The molecular weight excluding hydrogens is 223 g/mol. The van der Waals surface area contributed by atoms with Crippen molar-refractivity contribution in [2.45, 2.75) is 0 Å². The summed E-state index contributed by atoms with van der Waals surface area (Å²) >= 11 is 11.8. The van der Waals surface area contributed by atoms with E-state index in [2.05, 4.69) is 9.88 Å². The van der Waals surface area contributed by atoms with Gasteiger partial charge in [0.1, 0.15) is 5.82 Å². The van der Waals surface area contributed by atoms with Crippen molar-refractivity contribution in [3.05, 3.63) is 22.3 Å². The summed E-state index contributed by atoms with van der Waals surface area (Å²) in [5.74, 6) is 0.791. The number of ether oxygens (including phenoxy) is 1. The van der Waals surface area contributed by atoms with Gasteiger partial charge in [-0.1, -0.05) is 23.2 Å². The average Bonchev–Trinajstić information content (AvgIpc) is 2.19. The Hall–Kier alpha value is -0.510. The maximum Gasteiger partial charge on any atom is 0.147 e. The third kappa shape index (κ3) is 2.11. The van der Waals surface area contributed by atoms with Gasteiger partial charge >= 0.3 is 0 Å². The van der Waals surface area contributed by atoms with Crippen LogP contribution in [0.5, 0.6) is 0 Å². The molecule has 0 radical (unpaired) electrons. The molecule has 0 amide bonds. The Morgan fingerprint density at radius 3 is 2.64 bits per heavy atom. The van der Waals surface area contributed by atoms with Gasteiger partial charge in [-0.3, -0.25) is 0 Å². The first-order valence-corrected chi connectivity index (χ1v) is 5.17. The SMILES string of the molecule is Clc1cnc(N2CCOCC2)c(Cl)c1. The minimum atomic E-state index is 0.562. The van der Waals surface area contributed by atoms with Gasteiger partial charge in [-0.15, -0.1) is 0 Å². The van der Waals surface area contributed by atoms with Crippen molar-refractivity contribution >= 4 is 29.0 Å². The highest BCUT2D eigenvalue weighted by Gasteiger charge is 2.15. The summed E-state index contributed by atoms with van der Waals surface area (Å²) in [7, 11) is 0. The van der Waals surface area contributed by atoms with E-state index in [1.165, 1.54) is 0 Å². The third-order valence-electron chi connectivity index (χ3n) is 2.10. The van der Waals surface area contributed by atoms with Crippen LogP contribution in [0.2, 0.25) is 10.0 Å². The molecule has 14 heavy (non-hydrogen) atoms. The van der Waals surface area contributed by atoms with Crippen LogP contribution in [-0.4, -0.2) is 31.3 Å². The molecule has 0 aromatic carbocycles. The molecule has 2 rings (SSSR count). The van der Waals surface area contributed by atoms with Crippen molar-refractivity contribution in [3.8, 4) is 0 Å². The smallest absolute Gasteiger partial charge is 0.147 e. The zero-order valence-corrected chi connectivity index (χ0v) is 9.05. The number of pyridine rings is 1. The number of hydrogen-bond acceptors (Lipinski definition) is 3. The zero-order chi connectivity index (χ0) is 9.97. The lowest BCUT2D eigenvalue weighted by atomic mass is 10.3. The van der Waals surface area contributed by atoms with E-state index >= 15 is 0 Å². The summed E-state index contributed by atoms with van der Waals surface area (Å²) in [6, 6.07) is 1.71. The van der Waals surface area contributed by atoms with Crippen molar-refractivity contribution in [2.75, 3.05) is 31.2 Å². The first-order chi connectivity index (χ1) is 6.77. The lowest BCUT2D eigenvalue weighted by Gasteiger charge is -2.28. The van der Waals surface area contributed by atoms with Crippen LogP contribution < -0.4 is 4.90 Å². The van der Waals surface area contributed by atoms with Crippen molar-refractivity contribution < 1.29 is 4.74 Å². The van der Waals surface area contributed by atoms with Gasteiger partial charge in [0, 0.05) is 19.3 Å². The van der Waals surface area contributed by atoms with Crippen LogP contribution in [0.25, 0.3) is 0 Å². The van der Waals surface area contributed by atoms with E-state index in [-0.39, 0.29) is 0 Å². The van der Waals surface area contributed by atoms with Gasteiger partial charge in [-0.2, -0.15) is 0 Å². The number of rotatable bonds is 1. The Morgan fingerprint density at radius 2 is 2.00 bits per heavy atom. The number of halogens is 2. The van der Waals surface area contributed by atoms with Gasteiger partial charge in [0.05, 0.1) is 23.3 Å². The lowest BCUT2D eigenvalue weighted by molar-refractivity contribution is 0.122. The molecule has 76 valence electrons. The molecule has 1 saturated heterocycles. The van der Waals surface area contributed by atoms with Gasteiger partial charge in [-0.25, -0.2) is 4.98 Å². The van der Waals surface area contributed by atoms with Crippen LogP contribution in [-0.2, 0) is 4.74 Å². The Labute approximate surface area is 92.6 Å². The van der Waals surface area contributed by atoms with Crippen molar-refractivity contribution in [2.24, 2.45) is 0 Å². The number of nitrogens with zero attached hydrogens (tertiary/aromatic N) is 2. The molecule has 1 aliphatic heterocycles. The van der Waals surface area contributed by atoms with Crippen molar-refractivity contribution in [3.63, 3.8) is 0 Å². The second kappa shape index (κ2) is 4.34. The molecule has 0 saturated carbocycles. The van der Waals surface area contributed by atoms with Gasteiger partial charge in [0.2, 0.25) is 0 Å². The molecule has 0 atom stereocenters. The van der Waals surface area contributed by atoms with Crippen LogP contribution in [0.15, 0.2) is 12.3 Å². The van der Waals surface area contributed by atoms with E-state index in [1.807, 2.05) is 0 Å². The van der Waals surface area contributed by atoms with Gasteiger partial charge < -0.3 is 9.64 Å². The molecule has 1 aromatic rings. The van der Waals surface area contributed by atoms with E-state index in [1.54, 1.807) is 12.3 Å². The second-order valence-corrected chi connectivity index (χ2v) is 3.90. The molecular formula is C9H10Cl2N2O. The third-order valence-corrected chi connectivity index (χ3v) is 2.58. The average molecular weight is 233 g/mol. The largest absolute Gasteiger partial charge is 0.378 e. The molecule has 3 nitrogen and oxygen atoms in total. The Kier molecular flexibility index (Phi) is 3.11. The molecule has 1 aliphatic rings. The minimum Gasteiger partial charge on any atom is -0.378 e. The number of hydrogen-bond donors (Lipinski definition) is 0. The zero-order valence-electron chi connectivity index (χ0n) is 7.54. The highest BCUT2D eigenvalue weighted by atomic mass is 35.5. The fourth-order valence-corrected chi connectivity index (χ4v) is 1.91. The molecule has 0 aliphatic carbocycles. The summed E-state index contributed by atoms with van der Waals surface area (Å²) in [6.07, 6.45) is 1.61. The molecule has 1 fully saturated rings. The first-order valence-electron chi connectivity index (χ1n) is 4.41. The number of morpholine rings is 1. The maximum atomic E-state index is 6.03. The fraction of sp³-hybridized carbons (Fsp3) is 0.444. The summed E-state index contributed by atoms with van der Waals surface area (Å²) in [5.41, 5.74) is 0. The van der Waals surface area contributed by atoms with E-state index < -0.39 is 0 Å². The van der Waals surface area contributed by atoms with E-state index in [0.717, 1.165) is 32.1 Å². The first kappa shape index (κ1) is 10.0. The molecule has 0 unspecified atom stereocenters. The van der Waals surface area contributed by atoms with Crippen molar-refractivity contribution in [1.82, 2.24) is 4.98 Å². The van der Waals surface area contributed by atoms with Gasteiger partial charge in [-0.05, 0) is 6.07 Å². The number of aromatic nitrogens is 1. The summed E-state index contributed by atoms with van der Waals surface area (Å²) in [6.45, 7) is 3.10. The summed E-state index contributed by atoms with van der Waals surface area (Å²) in [5, 5.41) is 1.16. The van der Waals surface area contributed by atoms with Crippen molar-refractivity contribution in [1.29, 1.82) is 0 Å². The standard InChI is InChI=1S/C9H10Cl2N2O/c10-7-5-8(11)9(12-6-7)13-1-3-14-4-2-13/h5-6H,1-4H2. The summed E-state index contributed by atoms with van der Waals surface area (Å²) < 4.78 is 5.25. The van der Waals surface area contributed by atoms with E-state index in [0.29, 0.717) is 10.0 Å². The van der Waals surface area contributed by atoms with E-state index in [9.17, 15) is 0 Å². The predicted octanol–water partition coefficient (Wildman–Crippen LogP) is 2.22. The highest BCUT2D eigenvalue weighted by molar-refractivity contribution is 6.36. The Bertz CT molecular complexity index is 327. The minimum absolute atomic E-state index is 0.562. The molecule has 1 aromatic heterocycles. The van der Waals surface area contributed by atoms with Gasteiger partial charge in [0.15, 0.2) is 0 Å². The second-order valence-electron chi connectivity index (χ2n) is 3.06. The lowest BCUT2D eigenvalue weighted by Crippen LogP contribution is -2.36. The van der Waals surface area contributed by atoms with Crippen LogP contribution in [0.1, 0.15) is 0 Å². The van der Waals surface area contributed by atoms with E-state index in [4.69, 9.17) is 27.9 Å². The quantitative estimate of drug-likeness (QED) is 0.743. The highest BCUT2D eigenvalue weighted by Crippen LogP contribution is 2.26. The van der Waals surface area contributed by atoms with Crippen LogP contribution in [0.4, 0.5) is 5.82 Å². The molecule has 5 heteroatoms. The monoisotopic (exact) mass is 232 g/mol. The number of anilines is 1. The molecule has 0 spiro atoms. The molecule has 0 N–H and O–H groups in total. The fourth-order valence-electron chi connectivity index (χ4n) is 1.42.